The number of nitrogens with one attached hydrogen (secondary N) is 1. The van der Waals surface area contributed by atoms with Crippen LogP contribution in [-0.4, -0.2) is 60.3 Å². The van der Waals surface area contributed by atoms with Crippen LogP contribution in [0.1, 0.15) is 0 Å². The molecule has 1 atom stereocenters. The van der Waals surface area contributed by atoms with Gasteiger partial charge in [-0.3, -0.25) is 4.57 Å². The SMILES string of the molecule is O=P(NCCO)(OCCCl)N(CCCl)CCCl. The summed E-state index contributed by atoms with van der Waals surface area (Å²) in [6.45, 7) is 0.946. The van der Waals surface area contributed by atoms with E-state index in [-0.39, 0.29) is 25.6 Å². The third-order valence-corrected chi connectivity index (χ3v) is 4.62. The maximum Gasteiger partial charge on any atom is 0.343 e. The third kappa shape index (κ3) is 7.19. The van der Waals surface area contributed by atoms with Gasteiger partial charge in [0.15, 0.2) is 0 Å². The van der Waals surface area contributed by atoms with Crippen LogP contribution >= 0.6 is 42.5 Å². The molecule has 1 unspecified atom stereocenters. The Kier molecular flexibility index (Phi) is 11.4. The second-order valence-electron chi connectivity index (χ2n) is 3.01. The average Bonchev–Trinajstić information content (AvgIpc) is 2.33. The highest BCUT2D eigenvalue weighted by molar-refractivity contribution is 7.54. The highest BCUT2D eigenvalue weighted by atomic mass is 35.5. The van der Waals surface area contributed by atoms with Crippen molar-refractivity contribution in [2.24, 2.45) is 0 Å². The van der Waals surface area contributed by atoms with Crippen LogP contribution in [0.5, 0.6) is 0 Å². The zero-order valence-corrected chi connectivity index (χ0v) is 12.6. The van der Waals surface area contributed by atoms with Crippen LogP contribution in [0.4, 0.5) is 0 Å². The molecule has 104 valence electrons. The summed E-state index contributed by atoms with van der Waals surface area (Å²) in [5.41, 5.74) is 0. The first-order chi connectivity index (χ1) is 8.14. The van der Waals surface area contributed by atoms with E-state index in [9.17, 15) is 4.57 Å². The maximum absolute atomic E-state index is 12.5. The van der Waals surface area contributed by atoms with Crippen LogP contribution in [-0.2, 0) is 9.09 Å². The summed E-state index contributed by atoms with van der Waals surface area (Å²) in [6, 6.07) is 0. The van der Waals surface area contributed by atoms with Gasteiger partial charge in [0, 0.05) is 37.3 Å². The Balaban J connectivity index is 4.62. The highest BCUT2D eigenvalue weighted by Crippen LogP contribution is 2.46. The van der Waals surface area contributed by atoms with Crippen molar-refractivity contribution >= 4 is 42.5 Å². The number of halogens is 3. The van der Waals surface area contributed by atoms with Gasteiger partial charge in [-0.25, -0.2) is 9.76 Å². The van der Waals surface area contributed by atoms with E-state index in [4.69, 9.17) is 44.4 Å². The Morgan fingerprint density at radius 1 is 1.18 bits per heavy atom. The molecule has 0 aliphatic carbocycles. The van der Waals surface area contributed by atoms with Gasteiger partial charge in [0.25, 0.3) is 0 Å². The van der Waals surface area contributed by atoms with Crippen LogP contribution < -0.4 is 5.09 Å². The zero-order chi connectivity index (χ0) is 13.1. The van der Waals surface area contributed by atoms with Gasteiger partial charge in [-0.1, -0.05) is 0 Å². The maximum atomic E-state index is 12.5. The van der Waals surface area contributed by atoms with Crippen molar-refractivity contribution in [2.75, 3.05) is 50.5 Å². The van der Waals surface area contributed by atoms with Gasteiger partial charge in [-0.05, 0) is 0 Å². The predicted molar refractivity (Wildman–Crippen MR) is 72.4 cm³/mol. The van der Waals surface area contributed by atoms with E-state index < -0.39 is 7.67 Å². The van der Waals surface area contributed by atoms with Crippen molar-refractivity contribution in [1.29, 1.82) is 0 Å². The fourth-order valence-electron chi connectivity index (χ4n) is 1.15. The molecule has 0 aromatic heterocycles. The minimum atomic E-state index is -3.23. The van der Waals surface area contributed by atoms with Crippen molar-refractivity contribution in [3.63, 3.8) is 0 Å². The Morgan fingerprint density at radius 3 is 2.18 bits per heavy atom. The first kappa shape index (κ1) is 17.9. The molecule has 5 nitrogen and oxygen atoms in total. The van der Waals surface area contributed by atoms with E-state index in [2.05, 4.69) is 5.09 Å². The summed E-state index contributed by atoms with van der Waals surface area (Å²) in [4.78, 5) is 0. The standard InChI is InChI=1S/C8H18Cl3N2O3P/c9-1-5-13(6-2-10)17(15,12-4-7-14)16-8-3-11/h14H,1-8H2,(H,12,15). The molecule has 0 aliphatic rings. The highest BCUT2D eigenvalue weighted by Gasteiger charge is 2.30. The topological polar surface area (TPSA) is 61.8 Å². The second kappa shape index (κ2) is 10.8. The van der Waals surface area contributed by atoms with Gasteiger partial charge < -0.3 is 9.63 Å². The Bertz CT molecular complexity index is 218. The summed E-state index contributed by atoms with van der Waals surface area (Å²) in [5, 5.41) is 11.4. The molecule has 0 spiro atoms. The lowest BCUT2D eigenvalue weighted by atomic mass is 10.6. The number of aliphatic hydroxyl groups is 1. The molecule has 0 aromatic carbocycles. The Morgan fingerprint density at radius 2 is 1.76 bits per heavy atom. The van der Waals surface area contributed by atoms with Crippen molar-refractivity contribution < 1.29 is 14.2 Å². The lowest BCUT2D eigenvalue weighted by Crippen LogP contribution is -2.34. The van der Waals surface area contributed by atoms with Crippen LogP contribution in [0.3, 0.4) is 0 Å². The number of aliphatic hydroxyl groups excluding tert-OH is 1. The van der Waals surface area contributed by atoms with E-state index in [0.29, 0.717) is 24.8 Å². The number of hydrogen-bond donors (Lipinski definition) is 2. The normalized spacial score (nSPS) is 15.1. The van der Waals surface area contributed by atoms with E-state index >= 15 is 0 Å². The third-order valence-electron chi connectivity index (χ3n) is 1.82. The van der Waals surface area contributed by atoms with Crippen LogP contribution in [0.15, 0.2) is 0 Å². The largest absolute Gasteiger partial charge is 0.395 e. The number of nitrogens with zero attached hydrogens (tertiary/aromatic N) is 1. The van der Waals surface area contributed by atoms with Crippen molar-refractivity contribution in [3.8, 4) is 0 Å². The van der Waals surface area contributed by atoms with Gasteiger partial charge in [0.05, 0.1) is 13.2 Å². The van der Waals surface area contributed by atoms with Gasteiger partial charge >= 0.3 is 7.67 Å². The quantitative estimate of drug-likeness (QED) is 0.447. The first-order valence-corrected chi connectivity index (χ1v) is 8.36. The molecule has 0 fully saturated rings. The minimum Gasteiger partial charge on any atom is -0.395 e. The molecule has 0 bridgehead atoms. The van der Waals surface area contributed by atoms with Gasteiger partial charge in [-0.2, -0.15) is 0 Å². The van der Waals surface area contributed by atoms with E-state index in [1.54, 1.807) is 4.67 Å². The van der Waals surface area contributed by atoms with Crippen LogP contribution in [0.2, 0.25) is 0 Å². The van der Waals surface area contributed by atoms with Gasteiger partial charge in [0.1, 0.15) is 0 Å². The molecular weight excluding hydrogens is 309 g/mol. The second-order valence-corrected chi connectivity index (χ2v) is 6.32. The molecule has 0 amide bonds. The van der Waals surface area contributed by atoms with Crippen molar-refractivity contribution in [3.05, 3.63) is 0 Å². The molecule has 17 heavy (non-hydrogen) atoms. The van der Waals surface area contributed by atoms with E-state index in [0.717, 1.165) is 0 Å². The summed E-state index contributed by atoms with van der Waals surface area (Å²) in [5.74, 6) is 0.859. The monoisotopic (exact) mass is 326 g/mol. The zero-order valence-electron chi connectivity index (χ0n) is 9.45. The molecule has 2 N–H and O–H groups in total. The van der Waals surface area contributed by atoms with E-state index in [1.165, 1.54) is 0 Å². The molecule has 0 radical (unpaired) electrons. The molecule has 0 rings (SSSR count). The smallest absolute Gasteiger partial charge is 0.343 e. The van der Waals surface area contributed by atoms with Crippen LogP contribution in [0, 0.1) is 0 Å². The lowest BCUT2D eigenvalue weighted by molar-refractivity contribution is 0.257. The molecular formula is C8H18Cl3N2O3P. The van der Waals surface area contributed by atoms with Gasteiger partial charge in [0.2, 0.25) is 0 Å². The van der Waals surface area contributed by atoms with Gasteiger partial charge in [-0.15, -0.1) is 34.8 Å². The molecule has 0 heterocycles. The number of alkyl halides is 3. The number of rotatable bonds is 11. The summed E-state index contributed by atoms with van der Waals surface area (Å²) in [6.07, 6.45) is 0. The fraction of sp³-hybridized carbons (Fsp3) is 1.00. The minimum absolute atomic E-state index is 0.135. The summed E-state index contributed by atoms with van der Waals surface area (Å²) < 4.78 is 19.3. The van der Waals surface area contributed by atoms with Crippen LogP contribution in [0.25, 0.3) is 0 Å². The Labute approximate surface area is 117 Å². The molecule has 0 saturated carbocycles. The summed E-state index contributed by atoms with van der Waals surface area (Å²) >= 11 is 16.8. The molecule has 0 aromatic rings. The van der Waals surface area contributed by atoms with E-state index in [1.807, 2.05) is 0 Å². The molecule has 0 saturated heterocycles. The first-order valence-electron chi connectivity index (χ1n) is 5.18. The predicted octanol–water partition coefficient (Wildman–Crippen LogP) is 1.71. The number of hydrogen-bond acceptors (Lipinski definition) is 3. The molecule has 0 aliphatic heterocycles. The van der Waals surface area contributed by atoms with Crippen molar-refractivity contribution in [1.82, 2.24) is 9.76 Å². The van der Waals surface area contributed by atoms with Crippen molar-refractivity contribution in [2.45, 2.75) is 0 Å². The molecule has 9 heteroatoms. The Hall–Kier alpha value is 0.940. The lowest BCUT2D eigenvalue weighted by Gasteiger charge is -2.30. The average molecular weight is 328 g/mol. The summed E-state index contributed by atoms with van der Waals surface area (Å²) in [7, 11) is -3.23. The fourth-order valence-corrected chi connectivity index (χ4v) is 3.88.